The first-order valence-corrected chi connectivity index (χ1v) is 4.74. The maximum atomic E-state index is 11.7. The number of rotatable bonds is 1. The van der Waals surface area contributed by atoms with Crippen molar-refractivity contribution < 1.29 is 14.7 Å². The summed E-state index contributed by atoms with van der Waals surface area (Å²) in [6.07, 6.45) is 0. The van der Waals surface area contributed by atoms with E-state index in [1.54, 1.807) is 19.1 Å². The molecule has 1 aliphatic rings. The standard InChI is InChI=1S/C11H11NO3/c1-6-10(13)7-3-2-4-8(11(14)15)9(7)5-12-6/h2-4,6,12H,5H2,1H3,(H,14,15). The van der Waals surface area contributed by atoms with Crippen LogP contribution in [0.1, 0.15) is 33.2 Å². The topological polar surface area (TPSA) is 66.4 Å². The zero-order valence-electron chi connectivity index (χ0n) is 8.28. The predicted octanol–water partition coefficient (Wildman–Crippen LogP) is 1.06. The molecule has 0 saturated carbocycles. The molecule has 0 bridgehead atoms. The van der Waals surface area contributed by atoms with Gasteiger partial charge in [0.25, 0.3) is 0 Å². The van der Waals surface area contributed by atoms with Gasteiger partial charge in [0.05, 0.1) is 11.6 Å². The third-order valence-electron chi connectivity index (χ3n) is 2.65. The molecule has 1 aliphatic heterocycles. The van der Waals surface area contributed by atoms with Crippen LogP contribution in [-0.4, -0.2) is 22.9 Å². The number of carbonyl (C=O) groups excluding carboxylic acids is 1. The van der Waals surface area contributed by atoms with Gasteiger partial charge in [0.1, 0.15) is 0 Å². The molecule has 0 radical (unpaired) electrons. The molecule has 1 aromatic carbocycles. The number of Topliss-reactive ketones (excluding diaryl/α,β-unsaturated/α-hetero) is 1. The molecule has 0 saturated heterocycles. The lowest BCUT2D eigenvalue weighted by Gasteiger charge is -2.22. The van der Waals surface area contributed by atoms with E-state index in [0.29, 0.717) is 17.7 Å². The average molecular weight is 205 g/mol. The molecule has 2 N–H and O–H groups in total. The lowest BCUT2D eigenvalue weighted by molar-refractivity contribution is 0.0695. The fraction of sp³-hybridized carbons (Fsp3) is 0.273. The summed E-state index contributed by atoms with van der Waals surface area (Å²) in [5, 5.41) is 11.9. The summed E-state index contributed by atoms with van der Waals surface area (Å²) in [4.78, 5) is 22.7. The molecule has 2 rings (SSSR count). The second kappa shape index (κ2) is 3.47. The quantitative estimate of drug-likeness (QED) is 0.719. The number of hydrogen-bond acceptors (Lipinski definition) is 3. The molecule has 1 atom stereocenters. The molecule has 0 aromatic heterocycles. The fourth-order valence-electron chi connectivity index (χ4n) is 1.79. The Morgan fingerprint density at radius 1 is 1.53 bits per heavy atom. The number of carbonyl (C=O) groups is 2. The highest BCUT2D eigenvalue weighted by atomic mass is 16.4. The van der Waals surface area contributed by atoms with Gasteiger partial charge >= 0.3 is 5.97 Å². The number of benzene rings is 1. The molecule has 4 heteroatoms. The Kier molecular flexibility index (Phi) is 2.28. The Hall–Kier alpha value is -1.68. The van der Waals surface area contributed by atoms with E-state index in [2.05, 4.69) is 5.32 Å². The van der Waals surface area contributed by atoms with E-state index in [0.717, 1.165) is 0 Å². The molecular formula is C11H11NO3. The lowest BCUT2D eigenvalue weighted by Crippen LogP contribution is -2.39. The minimum Gasteiger partial charge on any atom is -0.478 e. The second-order valence-corrected chi connectivity index (χ2v) is 3.60. The Balaban J connectivity index is 2.58. The van der Waals surface area contributed by atoms with Crippen molar-refractivity contribution in [1.29, 1.82) is 0 Å². The molecule has 1 aromatic rings. The fourth-order valence-corrected chi connectivity index (χ4v) is 1.79. The highest BCUT2D eigenvalue weighted by Crippen LogP contribution is 2.20. The van der Waals surface area contributed by atoms with Gasteiger partial charge in [-0.3, -0.25) is 4.79 Å². The van der Waals surface area contributed by atoms with Gasteiger partial charge in [0, 0.05) is 12.1 Å². The first kappa shape index (κ1) is 9.86. The Bertz CT molecular complexity index is 439. The monoisotopic (exact) mass is 205 g/mol. The largest absolute Gasteiger partial charge is 0.478 e. The van der Waals surface area contributed by atoms with Gasteiger partial charge in [-0.05, 0) is 18.6 Å². The zero-order valence-corrected chi connectivity index (χ0v) is 8.28. The molecule has 1 unspecified atom stereocenters. The summed E-state index contributed by atoms with van der Waals surface area (Å²) >= 11 is 0. The number of carboxylic acids is 1. The van der Waals surface area contributed by atoms with Crippen LogP contribution in [0.2, 0.25) is 0 Å². The van der Waals surface area contributed by atoms with Crippen molar-refractivity contribution in [1.82, 2.24) is 5.32 Å². The third kappa shape index (κ3) is 1.53. The first-order valence-electron chi connectivity index (χ1n) is 4.74. The molecule has 1 heterocycles. The zero-order chi connectivity index (χ0) is 11.0. The lowest BCUT2D eigenvalue weighted by atomic mass is 9.92. The van der Waals surface area contributed by atoms with Gasteiger partial charge in [-0.25, -0.2) is 4.79 Å². The van der Waals surface area contributed by atoms with Gasteiger partial charge in [-0.1, -0.05) is 12.1 Å². The van der Waals surface area contributed by atoms with Crippen molar-refractivity contribution in [3.05, 3.63) is 34.9 Å². The molecule has 0 spiro atoms. The number of nitrogens with one attached hydrogen (secondary N) is 1. The van der Waals surface area contributed by atoms with E-state index >= 15 is 0 Å². The van der Waals surface area contributed by atoms with Crippen molar-refractivity contribution >= 4 is 11.8 Å². The smallest absolute Gasteiger partial charge is 0.336 e. The van der Waals surface area contributed by atoms with Crippen molar-refractivity contribution in [2.24, 2.45) is 0 Å². The van der Waals surface area contributed by atoms with Gasteiger partial charge in [-0.2, -0.15) is 0 Å². The van der Waals surface area contributed by atoms with E-state index in [9.17, 15) is 9.59 Å². The number of fused-ring (bicyclic) bond motifs is 1. The predicted molar refractivity (Wildman–Crippen MR) is 54.0 cm³/mol. The maximum absolute atomic E-state index is 11.7. The highest BCUT2D eigenvalue weighted by molar-refractivity contribution is 6.04. The summed E-state index contributed by atoms with van der Waals surface area (Å²) in [7, 11) is 0. The van der Waals surface area contributed by atoms with Crippen LogP contribution in [0.3, 0.4) is 0 Å². The van der Waals surface area contributed by atoms with E-state index in [1.807, 2.05) is 0 Å². The molecular weight excluding hydrogens is 194 g/mol. The van der Waals surface area contributed by atoms with E-state index in [1.165, 1.54) is 6.07 Å². The molecule has 0 amide bonds. The average Bonchev–Trinajstić information content (AvgIpc) is 2.23. The Labute approximate surface area is 86.9 Å². The van der Waals surface area contributed by atoms with Crippen molar-refractivity contribution in [2.45, 2.75) is 19.5 Å². The van der Waals surface area contributed by atoms with Crippen LogP contribution in [0, 0.1) is 0 Å². The van der Waals surface area contributed by atoms with Crippen molar-refractivity contribution in [2.75, 3.05) is 0 Å². The maximum Gasteiger partial charge on any atom is 0.336 e. The molecule has 15 heavy (non-hydrogen) atoms. The molecule has 78 valence electrons. The van der Waals surface area contributed by atoms with Crippen LogP contribution in [0.4, 0.5) is 0 Å². The Morgan fingerprint density at radius 3 is 2.93 bits per heavy atom. The second-order valence-electron chi connectivity index (χ2n) is 3.60. The normalized spacial score (nSPS) is 19.8. The van der Waals surface area contributed by atoms with Gasteiger partial charge < -0.3 is 10.4 Å². The van der Waals surface area contributed by atoms with E-state index in [4.69, 9.17) is 5.11 Å². The molecule has 4 nitrogen and oxygen atoms in total. The van der Waals surface area contributed by atoms with Crippen LogP contribution in [-0.2, 0) is 6.54 Å². The third-order valence-corrected chi connectivity index (χ3v) is 2.65. The summed E-state index contributed by atoms with van der Waals surface area (Å²) in [5.41, 5.74) is 1.33. The minimum absolute atomic E-state index is 0.0423. The minimum atomic E-state index is -0.990. The number of ketones is 1. The van der Waals surface area contributed by atoms with Crippen molar-refractivity contribution in [3.8, 4) is 0 Å². The Morgan fingerprint density at radius 2 is 2.27 bits per heavy atom. The highest BCUT2D eigenvalue weighted by Gasteiger charge is 2.26. The van der Waals surface area contributed by atoms with Crippen molar-refractivity contribution in [3.63, 3.8) is 0 Å². The van der Waals surface area contributed by atoms with Gasteiger partial charge in [0.15, 0.2) is 5.78 Å². The first-order chi connectivity index (χ1) is 7.11. The van der Waals surface area contributed by atoms with Crippen LogP contribution in [0.5, 0.6) is 0 Å². The van der Waals surface area contributed by atoms with Gasteiger partial charge in [-0.15, -0.1) is 0 Å². The van der Waals surface area contributed by atoms with E-state index < -0.39 is 5.97 Å². The number of aromatic carboxylic acids is 1. The number of carboxylic acid groups (broad SMARTS) is 1. The van der Waals surface area contributed by atoms with Crippen LogP contribution in [0.15, 0.2) is 18.2 Å². The van der Waals surface area contributed by atoms with Crippen LogP contribution < -0.4 is 5.32 Å². The SMILES string of the molecule is CC1NCc2c(C(=O)O)cccc2C1=O. The van der Waals surface area contributed by atoms with Crippen LogP contribution in [0.25, 0.3) is 0 Å². The molecule has 0 aliphatic carbocycles. The van der Waals surface area contributed by atoms with Gasteiger partial charge in [0.2, 0.25) is 0 Å². The van der Waals surface area contributed by atoms with E-state index in [-0.39, 0.29) is 17.4 Å². The van der Waals surface area contributed by atoms with Crippen LogP contribution >= 0.6 is 0 Å². The number of hydrogen-bond donors (Lipinski definition) is 2. The summed E-state index contributed by atoms with van der Waals surface area (Å²) in [5.74, 6) is -1.03. The summed E-state index contributed by atoms with van der Waals surface area (Å²) in [6, 6.07) is 4.58. The summed E-state index contributed by atoms with van der Waals surface area (Å²) in [6.45, 7) is 2.21. The summed E-state index contributed by atoms with van der Waals surface area (Å²) < 4.78 is 0. The molecule has 0 fully saturated rings.